The lowest BCUT2D eigenvalue weighted by atomic mass is 10.2. The number of nitrogens with one attached hydrogen (secondary N) is 1. The average Bonchev–Trinajstić information content (AvgIpc) is 2.47. The van der Waals surface area contributed by atoms with Crippen LogP contribution in [0, 0.1) is 0 Å². The molecule has 2 rings (SSSR count). The van der Waals surface area contributed by atoms with Gasteiger partial charge in [0, 0.05) is 12.6 Å². The van der Waals surface area contributed by atoms with Crippen molar-refractivity contribution in [2.24, 2.45) is 5.73 Å². The minimum absolute atomic E-state index is 0.163. The van der Waals surface area contributed by atoms with E-state index in [1.807, 2.05) is 6.92 Å². The SMILES string of the molecule is CCOc1cccc(NS(=O)(=O)c2ccccc2CN)c1. The topological polar surface area (TPSA) is 81.4 Å². The van der Waals surface area contributed by atoms with Crippen LogP contribution in [0.15, 0.2) is 53.4 Å². The maximum atomic E-state index is 12.4. The quantitative estimate of drug-likeness (QED) is 0.858. The number of nitrogens with two attached hydrogens (primary N) is 1. The van der Waals surface area contributed by atoms with Crippen molar-refractivity contribution >= 4 is 15.7 Å². The van der Waals surface area contributed by atoms with E-state index in [1.165, 1.54) is 6.07 Å². The second-order valence-electron chi connectivity index (χ2n) is 4.38. The van der Waals surface area contributed by atoms with Gasteiger partial charge >= 0.3 is 0 Å². The molecule has 0 radical (unpaired) electrons. The lowest BCUT2D eigenvalue weighted by Gasteiger charge is -2.12. The third-order valence-electron chi connectivity index (χ3n) is 2.88. The van der Waals surface area contributed by atoms with Crippen LogP contribution in [0.25, 0.3) is 0 Å². The highest BCUT2D eigenvalue weighted by molar-refractivity contribution is 7.92. The van der Waals surface area contributed by atoms with E-state index in [1.54, 1.807) is 42.5 Å². The van der Waals surface area contributed by atoms with Gasteiger partial charge in [-0.15, -0.1) is 0 Å². The first-order valence-electron chi connectivity index (χ1n) is 6.60. The molecule has 0 aliphatic carbocycles. The Morgan fingerprint density at radius 2 is 1.90 bits per heavy atom. The van der Waals surface area contributed by atoms with Crippen LogP contribution >= 0.6 is 0 Å². The zero-order chi connectivity index (χ0) is 15.3. The fourth-order valence-corrected chi connectivity index (χ4v) is 3.26. The Labute approximate surface area is 124 Å². The zero-order valence-electron chi connectivity index (χ0n) is 11.7. The van der Waals surface area contributed by atoms with Gasteiger partial charge in [0.05, 0.1) is 17.2 Å². The summed E-state index contributed by atoms with van der Waals surface area (Å²) in [6.07, 6.45) is 0. The van der Waals surface area contributed by atoms with E-state index < -0.39 is 10.0 Å². The summed E-state index contributed by atoms with van der Waals surface area (Å²) in [5, 5.41) is 0. The van der Waals surface area contributed by atoms with Crippen LogP contribution in [0.1, 0.15) is 12.5 Å². The molecule has 112 valence electrons. The maximum Gasteiger partial charge on any atom is 0.262 e. The molecule has 0 fully saturated rings. The summed E-state index contributed by atoms with van der Waals surface area (Å²) in [7, 11) is -3.67. The Balaban J connectivity index is 2.31. The molecule has 0 aliphatic rings. The second kappa shape index (κ2) is 6.60. The van der Waals surface area contributed by atoms with Crippen LogP contribution in [-0.4, -0.2) is 15.0 Å². The van der Waals surface area contributed by atoms with Gasteiger partial charge < -0.3 is 10.5 Å². The van der Waals surface area contributed by atoms with Crippen molar-refractivity contribution in [2.75, 3.05) is 11.3 Å². The monoisotopic (exact) mass is 306 g/mol. The molecule has 0 aromatic heterocycles. The first-order chi connectivity index (χ1) is 10.1. The summed E-state index contributed by atoms with van der Waals surface area (Å²) < 4.78 is 32.8. The molecule has 0 saturated heterocycles. The van der Waals surface area contributed by atoms with Gasteiger partial charge in [-0.3, -0.25) is 4.72 Å². The number of hydrogen-bond donors (Lipinski definition) is 2. The number of hydrogen-bond acceptors (Lipinski definition) is 4. The summed E-state index contributed by atoms with van der Waals surface area (Å²) in [4.78, 5) is 0.189. The molecule has 0 bridgehead atoms. The minimum atomic E-state index is -3.67. The molecular formula is C15H18N2O3S. The zero-order valence-corrected chi connectivity index (χ0v) is 12.6. The molecule has 0 atom stereocenters. The fraction of sp³-hybridized carbons (Fsp3) is 0.200. The number of sulfonamides is 1. The van der Waals surface area contributed by atoms with E-state index in [0.29, 0.717) is 23.6 Å². The van der Waals surface area contributed by atoms with Gasteiger partial charge in [-0.1, -0.05) is 24.3 Å². The Hall–Kier alpha value is -2.05. The molecular weight excluding hydrogens is 288 g/mol. The number of anilines is 1. The molecule has 0 amide bonds. The molecule has 0 unspecified atom stereocenters. The molecule has 2 aromatic rings. The first-order valence-corrected chi connectivity index (χ1v) is 8.09. The van der Waals surface area contributed by atoms with Crippen molar-refractivity contribution in [3.05, 3.63) is 54.1 Å². The summed E-state index contributed by atoms with van der Waals surface area (Å²) in [6, 6.07) is 13.5. The molecule has 2 aromatic carbocycles. The van der Waals surface area contributed by atoms with Crippen LogP contribution in [0.3, 0.4) is 0 Å². The summed E-state index contributed by atoms with van der Waals surface area (Å²) in [5.41, 5.74) is 6.62. The van der Waals surface area contributed by atoms with Crippen LogP contribution in [-0.2, 0) is 16.6 Å². The van der Waals surface area contributed by atoms with Crippen molar-refractivity contribution in [3.8, 4) is 5.75 Å². The predicted octanol–water partition coefficient (Wildman–Crippen LogP) is 2.34. The first kappa shape index (κ1) is 15.3. The molecule has 0 saturated carbocycles. The molecule has 0 heterocycles. The van der Waals surface area contributed by atoms with Crippen LogP contribution in [0.4, 0.5) is 5.69 Å². The lowest BCUT2D eigenvalue weighted by Crippen LogP contribution is -2.16. The van der Waals surface area contributed by atoms with Gasteiger partial charge in [0.25, 0.3) is 10.0 Å². The predicted molar refractivity (Wildman–Crippen MR) is 82.8 cm³/mol. The third kappa shape index (κ3) is 3.74. The summed E-state index contributed by atoms with van der Waals surface area (Å²) in [5.74, 6) is 0.616. The minimum Gasteiger partial charge on any atom is -0.494 e. The highest BCUT2D eigenvalue weighted by Gasteiger charge is 2.17. The van der Waals surface area contributed by atoms with Crippen LogP contribution in [0.2, 0.25) is 0 Å². The third-order valence-corrected chi connectivity index (χ3v) is 4.36. The number of benzene rings is 2. The molecule has 6 heteroatoms. The van der Waals surface area contributed by atoms with Crippen molar-refractivity contribution in [1.82, 2.24) is 0 Å². The van der Waals surface area contributed by atoms with E-state index >= 15 is 0 Å². The molecule has 0 aliphatic heterocycles. The lowest BCUT2D eigenvalue weighted by molar-refractivity contribution is 0.340. The normalized spacial score (nSPS) is 11.1. The van der Waals surface area contributed by atoms with Gasteiger partial charge in [-0.2, -0.15) is 0 Å². The van der Waals surface area contributed by atoms with Gasteiger partial charge in [0.15, 0.2) is 0 Å². The van der Waals surface area contributed by atoms with Crippen LogP contribution < -0.4 is 15.2 Å². The Morgan fingerprint density at radius 1 is 1.14 bits per heavy atom. The average molecular weight is 306 g/mol. The fourth-order valence-electron chi connectivity index (χ4n) is 1.96. The molecule has 0 spiro atoms. The van der Waals surface area contributed by atoms with Gasteiger partial charge in [0.1, 0.15) is 5.75 Å². The summed E-state index contributed by atoms with van der Waals surface area (Å²) >= 11 is 0. The maximum absolute atomic E-state index is 12.4. The van der Waals surface area contributed by atoms with Gasteiger partial charge in [-0.05, 0) is 30.7 Å². The Morgan fingerprint density at radius 3 is 2.62 bits per heavy atom. The highest BCUT2D eigenvalue weighted by Crippen LogP contribution is 2.22. The number of rotatable bonds is 6. The van der Waals surface area contributed by atoms with E-state index in [0.717, 1.165) is 0 Å². The van der Waals surface area contributed by atoms with E-state index in [2.05, 4.69) is 4.72 Å². The highest BCUT2D eigenvalue weighted by atomic mass is 32.2. The van der Waals surface area contributed by atoms with Gasteiger partial charge in [-0.25, -0.2) is 8.42 Å². The van der Waals surface area contributed by atoms with E-state index in [-0.39, 0.29) is 11.4 Å². The largest absolute Gasteiger partial charge is 0.494 e. The smallest absolute Gasteiger partial charge is 0.262 e. The standard InChI is InChI=1S/C15H18N2O3S/c1-2-20-14-8-5-7-13(10-14)17-21(18,19)15-9-4-3-6-12(15)11-16/h3-10,17H,2,11,16H2,1H3. The van der Waals surface area contributed by atoms with E-state index in [9.17, 15) is 8.42 Å². The Bertz CT molecular complexity index is 714. The van der Waals surface area contributed by atoms with E-state index in [4.69, 9.17) is 10.5 Å². The van der Waals surface area contributed by atoms with Crippen molar-refractivity contribution < 1.29 is 13.2 Å². The van der Waals surface area contributed by atoms with Gasteiger partial charge in [0.2, 0.25) is 0 Å². The number of ether oxygens (including phenoxy) is 1. The van der Waals surface area contributed by atoms with Crippen molar-refractivity contribution in [2.45, 2.75) is 18.4 Å². The molecule has 3 N–H and O–H groups in total. The van der Waals surface area contributed by atoms with Crippen molar-refractivity contribution in [3.63, 3.8) is 0 Å². The molecule has 5 nitrogen and oxygen atoms in total. The summed E-state index contributed by atoms with van der Waals surface area (Å²) in [6.45, 7) is 2.55. The van der Waals surface area contributed by atoms with Crippen LogP contribution in [0.5, 0.6) is 5.75 Å². The Kier molecular flexibility index (Phi) is 4.82. The van der Waals surface area contributed by atoms with Crippen molar-refractivity contribution in [1.29, 1.82) is 0 Å². The second-order valence-corrected chi connectivity index (χ2v) is 6.03. The molecule has 21 heavy (non-hydrogen) atoms.